The van der Waals surface area contributed by atoms with Crippen LogP contribution in [0.15, 0.2) is 184 Å². The molecule has 0 amide bonds. The summed E-state index contributed by atoms with van der Waals surface area (Å²) in [5.41, 5.74) is 8.96. The first kappa shape index (κ1) is 34.4. The summed E-state index contributed by atoms with van der Waals surface area (Å²) in [5.74, 6) is 0.610. The standard InChI is InChI=1S/C47H29N3OS.U/c1-31(33-14-6-3-7-15-33)50-47(49-29-32-12-4-2-5-13-32)39-18-11-21-44-46(39)40-28-35(24-27-43(40)52-44)34-22-25-37(26-23-34)48-30-36-16-10-20-42-45(36)38-17-8-9-19-41(38)51-42;/h2-25,27-29H,1H2;/q-2;+2. The molecule has 53 heavy (non-hydrogen) atoms. The number of hydrogen-bond donors (Lipinski definition) is 0. The fourth-order valence-corrected chi connectivity index (χ4v) is 7.62. The number of thiophene rings is 1. The molecule has 7 aromatic carbocycles. The molecule has 9 aromatic rings. The smallest absolute Gasteiger partial charge is 0.467 e. The van der Waals surface area contributed by atoms with Crippen LogP contribution < -0.4 is 0 Å². The van der Waals surface area contributed by atoms with Crippen LogP contribution in [0.1, 0.15) is 22.3 Å². The van der Waals surface area contributed by atoms with Crippen LogP contribution >= 0.6 is 11.3 Å². The molecule has 0 atom stereocenters. The van der Waals surface area contributed by atoms with E-state index < -0.39 is 0 Å². The Balaban J connectivity index is 0.00000400. The fraction of sp³-hybridized carbons (Fsp3) is 0. The zero-order valence-electron chi connectivity index (χ0n) is 28.5. The molecule has 0 N–H and O–H groups in total. The van der Waals surface area contributed by atoms with Gasteiger partial charge in [0, 0.05) is 32.0 Å². The van der Waals surface area contributed by atoms with Crippen LogP contribution in [0, 0.1) is 37.2 Å². The predicted molar refractivity (Wildman–Crippen MR) is 220 cm³/mol. The number of nitrogens with zero attached hydrogens (tertiary/aromatic N) is 3. The maximum absolute atomic E-state index is 6.04. The van der Waals surface area contributed by atoms with Crippen molar-refractivity contribution in [2.75, 3.05) is 0 Å². The molecular formula is C47H29N3OSU. The molecule has 0 aliphatic carbocycles. The van der Waals surface area contributed by atoms with Gasteiger partial charge in [-0.25, -0.2) is 16.1 Å². The quantitative estimate of drug-likeness (QED) is 0.0893. The second-order valence-electron chi connectivity index (χ2n) is 12.4. The summed E-state index contributed by atoms with van der Waals surface area (Å²) >= 11 is 1.77. The molecule has 2 heterocycles. The first-order chi connectivity index (χ1) is 25.7. The molecular weight excluding hydrogens is 893 g/mol. The van der Waals surface area contributed by atoms with Gasteiger partial charge >= 0.3 is 31.1 Å². The number of hydrogen-bond acceptors (Lipinski definition) is 4. The van der Waals surface area contributed by atoms with E-state index in [1.54, 1.807) is 11.3 Å². The molecule has 6 heteroatoms. The maximum Gasteiger partial charge on any atom is 2.00 e. The normalized spacial score (nSPS) is 12.0. The van der Waals surface area contributed by atoms with Crippen molar-refractivity contribution in [3.05, 3.63) is 193 Å². The van der Waals surface area contributed by atoms with Crippen molar-refractivity contribution >= 4 is 83.1 Å². The van der Waals surface area contributed by atoms with Gasteiger partial charge in [-0.3, -0.25) is 0 Å². The maximum atomic E-state index is 6.04. The second-order valence-corrected chi connectivity index (χ2v) is 13.5. The summed E-state index contributed by atoms with van der Waals surface area (Å²) < 4.78 is 8.41. The van der Waals surface area contributed by atoms with Gasteiger partial charge in [-0.05, 0) is 52.4 Å². The van der Waals surface area contributed by atoms with Crippen molar-refractivity contribution in [3.63, 3.8) is 0 Å². The van der Waals surface area contributed by atoms with Crippen LogP contribution in [0.2, 0.25) is 0 Å². The van der Waals surface area contributed by atoms with Crippen LogP contribution in [0.4, 0.5) is 5.69 Å². The molecule has 9 rings (SSSR count). The second kappa shape index (κ2) is 15.1. The predicted octanol–water partition coefficient (Wildman–Crippen LogP) is 12.6. The Morgan fingerprint density at radius 1 is 0.679 bits per heavy atom. The Morgan fingerprint density at radius 2 is 1.43 bits per heavy atom. The zero-order chi connectivity index (χ0) is 34.9. The Morgan fingerprint density at radius 3 is 2.26 bits per heavy atom. The summed E-state index contributed by atoms with van der Waals surface area (Å²) in [7, 11) is 0. The van der Waals surface area contributed by atoms with Gasteiger partial charge in [0.25, 0.3) is 0 Å². The summed E-state index contributed by atoms with van der Waals surface area (Å²) in [6.07, 6.45) is 5.12. The largest absolute Gasteiger partial charge is 2.00 e. The molecule has 0 aliphatic heterocycles. The molecule has 0 unspecified atom stereocenters. The van der Waals surface area contributed by atoms with E-state index in [1.165, 1.54) is 9.40 Å². The minimum absolute atomic E-state index is 0. The van der Waals surface area contributed by atoms with Gasteiger partial charge in [0.1, 0.15) is 5.58 Å². The molecule has 0 bridgehead atoms. The molecule has 0 saturated carbocycles. The van der Waals surface area contributed by atoms with E-state index in [0.717, 1.165) is 66.1 Å². The minimum atomic E-state index is 0. The molecule has 0 aliphatic rings. The van der Waals surface area contributed by atoms with Crippen LogP contribution in [0.5, 0.6) is 0 Å². The average Bonchev–Trinajstić information content (AvgIpc) is 3.78. The third kappa shape index (κ3) is 6.98. The van der Waals surface area contributed by atoms with Crippen molar-refractivity contribution in [3.8, 4) is 11.1 Å². The third-order valence-corrected chi connectivity index (χ3v) is 10.2. The van der Waals surface area contributed by atoms with Gasteiger partial charge in [-0.1, -0.05) is 115 Å². The minimum Gasteiger partial charge on any atom is -0.467 e. The van der Waals surface area contributed by atoms with Gasteiger partial charge in [0.05, 0.1) is 11.3 Å². The molecule has 4 nitrogen and oxygen atoms in total. The summed E-state index contributed by atoms with van der Waals surface area (Å²) in [6, 6.07) is 56.5. The first-order valence-corrected chi connectivity index (χ1v) is 17.8. The van der Waals surface area contributed by atoms with Gasteiger partial charge in [-0.2, -0.15) is 18.2 Å². The summed E-state index contributed by atoms with van der Waals surface area (Å²) in [5, 5.41) is 4.33. The Hall–Kier alpha value is -5.64. The van der Waals surface area contributed by atoms with Crippen molar-refractivity contribution in [1.82, 2.24) is 0 Å². The fourth-order valence-electron chi connectivity index (χ4n) is 6.50. The Kier molecular flexibility index (Phi) is 9.84. The van der Waals surface area contributed by atoms with Crippen molar-refractivity contribution in [1.29, 1.82) is 0 Å². The number of rotatable bonds is 7. The van der Waals surface area contributed by atoms with Crippen LogP contribution in [0.3, 0.4) is 0 Å². The molecule has 0 fully saturated rings. The SMILES string of the molecule is C=C(N=C(N=Cc1ccccc1)c1cccc2sc3ccc(-c4c[c-]c(N=[C-]c5cccc6oc7ccccc7c56)cc4)cc3c12)c1ccccc1.[U+2]. The van der Waals surface area contributed by atoms with Crippen LogP contribution in [-0.4, -0.2) is 18.3 Å². The molecule has 2 aromatic heterocycles. The first-order valence-electron chi connectivity index (χ1n) is 16.9. The van der Waals surface area contributed by atoms with Crippen LogP contribution in [0.25, 0.3) is 58.9 Å². The number of amidine groups is 1. The third-order valence-electron chi connectivity index (χ3n) is 9.05. The van der Waals surface area contributed by atoms with Crippen molar-refractivity contribution in [2.24, 2.45) is 15.0 Å². The van der Waals surface area contributed by atoms with E-state index in [0.29, 0.717) is 17.2 Å². The molecule has 0 radical (unpaired) electrons. The van der Waals surface area contributed by atoms with Crippen molar-refractivity contribution in [2.45, 2.75) is 0 Å². The van der Waals surface area contributed by atoms with Gasteiger partial charge in [0.2, 0.25) is 0 Å². The van der Waals surface area contributed by atoms with Gasteiger partial charge < -0.3 is 9.41 Å². The number of benzene rings is 7. The number of para-hydroxylation sites is 1. The molecule has 248 valence electrons. The zero-order valence-corrected chi connectivity index (χ0v) is 33.4. The van der Waals surface area contributed by atoms with E-state index in [2.05, 4.69) is 72.4 Å². The number of aliphatic imine (C=N–C) groups is 3. The molecule has 0 saturated heterocycles. The van der Waals surface area contributed by atoms with E-state index in [-0.39, 0.29) is 31.1 Å². The van der Waals surface area contributed by atoms with E-state index in [4.69, 9.17) is 14.4 Å². The molecule has 0 spiro atoms. The van der Waals surface area contributed by atoms with Gasteiger partial charge in [-0.15, -0.1) is 40.3 Å². The Labute approximate surface area is 335 Å². The monoisotopic (exact) mass is 921 g/mol. The number of furan rings is 1. The average molecular weight is 922 g/mol. The summed E-state index contributed by atoms with van der Waals surface area (Å²) in [6.45, 7) is 4.31. The Bertz CT molecular complexity index is 2850. The van der Waals surface area contributed by atoms with Crippen molar-refractivity contribution < 1.29 is 35.5 Å². The van der Waals surface area contributed by atoms with E-state index in [9.17, 15) is 0 Å². The summed E-state index contributed by atoms with van der Waals surface area (Å²) in [4.78, 5) is 14.7. The topological polar surface area (TPSA) is 50.2 Å². The van der Waals surface area contributed by atoms with Crippen LogP contribution in [-0.2, 0) is 0 Å². The van der Waals surface area contributed by atoms with E-state index in [1.807, 2.05) is 115 Å². The van der Waals surface area contributed by atoms with Gasteiger partial charge in [0.15, 0.2) is 5.84 Å². The number of fused-ring (bicyclic) bond motifs is 6. The van der Waals surface area contributed by atoms with E-state index >= 15 is 0 Å².